The van der Waals surface area contributed by atoms with Crippen LogP contribution in [0.2, 0.25) is 0 Å². The number of phosphoric ester groups is 1. The summed E-state index contributed by atoms with van der Waals surface area (Å²) in [4.78, 5) is 99.3. The third-order valence-electron chi connectivity index (χ3n) is 4.20. The molecule has 2 aromatic heterocycles. The van der Waals surface area contributed by atoms with Crippen LogP contribution in [0.25, 0.3) is 11.2 Å². The normalized spacial score (nSPS) is 24.3. The quantitative estimate of drug-likeness (QED) is 0.0705. The van der Waals surface area contributed by atoms with Crippen molar-refractivity contribution in [2.24, 2.45) is 0 Å². The van der Waals surface area contributed by atoms with Crippen LogP contribution in [0.3, 0.4) is 0 Å². The molecule has 254 valence electrons. The van der Waals surface area contributed by atoms with Gasteiger partial charge >= 0.3 is 68.7 Å². The number of nitrogens with two attached hydrogens (primary N) is 1. The zero-order valence-corrected chi connectivity index (χ0v) is 28.9. The van der Waals surface area contributed by atoms with Gasteiger partial charge in [-0.15, -0.1) is 0 Å². The second-order valence-corrected chi connectivity index (χ2v) is 16.3. The number of nitrogens with zero attached hydrogens (tertiary/aromatic N) is 3. The molecule has 0 aromatic carbocycles. The van der Waals surface area contributed by atoms with Crippen molar-refractivity contribution in [1.29, 1.82) is 0 Å². The van der Waals surface area contributed by atoms with Gasteiger partial charge in [0.05, 0.1) is 19.0 Å². The second-order valence-electron chi connectivity index (χ2n) is 7.69. The first-order valence-corrected chi connectivity index (χ1v) is 19.3. The van der Waals surface area contributed by atoms with Gasteiger partial charge in [0.15, 0.2) is 11.2 Å². The Morgan fingerprint density at radius 2 is 1.44 bits per heavy atom. The maximum Gasteiger partial charge on any atom is 1.00 e. The molecule has 1 fully saturated rings. The Balaban J connectivity index is 0.000000615. The van der Waals surface area contributed by atoms with E-state index in [1.807, 2.05) is 0 Å². The van der Waals surface area contributed by atoms with E-state index in [4.69, 9.17) is 44.7 Å². The zero-order valence-electron chi connectivity index (χ0n) is 21.6. The smallest absolute Gasteiger partial charge is 0.756 e. The number of hydrogen-bond donors (Lipinski definition) is 11. The molecule has 1 saturated heterocycles. The van der Waals surface area contributed by atoms with Crippen molar-refractivity contribution in [3.8, 4) is 0 Å². The molecule has 0 amide bonds. The average Bonchev–Trinajstić information content (AvgIpc) is 3.29. The minimum Gasteiger partial charge on any atom is -0.756 e. The first kappa shape index (κ1) is 42.9. The number of hydrogen-bond acceptors (Lipinski definition) is 18. The number of phosphoric acid groups is 6. The van der Waals surface area contributed by atoms with E-state index in [9.17, 15) is 47.1 Å². The standard InChI is InChI=1S/C10H16N5O13P3.Na.H5O10P3/c11-10-13-8-7(9(17)14-10)12-3-15(8)6-1-4(16)5(26-6)2-25-30(21,22)28-31(23,24)27-29(18,19)20;;1-11(2,3)9-13(7,8)10-12(4,5)6/h3-6,16H,1-2H2,(H,21,22)(H,23,24)(H2,18,19,20)(H3,11,13,14,17);;(H,7,8)(H2,1,2,3)(H2,4,5,6)/q;+1;/p-1/t4-,5+,6+;;/m0../s1. The van der Waals surface area contributed by atoms with E-state index in [0.29, 0.717) is 0 Å². The molecular weight excluding hydrogens is 767 g/mol. The van der Waals surface area contributed by atoms with Crippen LogP contribution in [0.15, 0.2) is 11.1 Å². The van der Waals surface area contributed by atoms with E-state index in [0.717, 1.165) is 0 Å². The molecule has 45 heavy (non-hydrogen) atoms. The number of aromatic amines is 1. The average molecular weight is 787 g/mol. The van der Waals surface area contributed by atoms with E-state index in [1.165, 1.54) is 10.9 Å². The van der Waals surface area contributed by atoms with Crippen LogP contribution in [-0.2, 0) is 53.9 Å². The maximum absolute atomic E-state index is 11.8. The van der Waals surface area contributed by atoms with Crippen molar-refractivity contribution in [1.82, 2.24) is 19.5 Å². The molecule has 1 aliphatic rings. The van der Waals surface area contributed by atoms with Gasteiger partial charge in [-0.25, -0.2) is 32.1 Å². The van der Waals surface area contributed by atoms with E-state index < -0.39 is 77.5 Å². The maximum atomic E-state index is 11.8. The first-order valence-electron chi connectivity index (χ1n) is 10.3. The molecule has 7 atom stereocenters. The van der Waals surface area contributed by atoms with Gasteiger partial charge in [-0.1, -0.05) is 0 Å². The van der Waals surface area contributed by atoms with Gasteiger partial charge in [-0.05, 0) is 0 Å². The van der Waals surface area contributed by atoms with Crippen LogP contribution in [0.4, 0.5) is 5.95 Å². The number of H-pyrrole nitrogens is 1. The summed E-state index contributed by atoms with van der Waals surface area (Å²) in [6.45, 7) is -0.843. The van der Waals surface area contributed by atoms with E-state index in [-0.39, 0.29) is 53.1 Å². The molecule has 3 heterocycles. The van der Waals surface area contributed by atoms with Crippen LogP contribution in [0, 0.1) is 0 Å². The van der Waals surface area contributed by atoms with Crippen molar-refractivity contribution in [2.45, 2.75) is 24.9 Å². The number of fused-ring (bicyclic) bond motifs is 1. The summed E-state index contributed by atoms with van der Waals surface area (Å²) in [5.41, 5.74) is 4.89. The molecule has 2 aromatic rings. The number of rotatable bonds is 12. The van der Waals surface area contributed by atoms with Crippen molar-refractivity contribution in [2.75, 3.05) is 12.3 Å². The molecule has 1 aliphatic heterocycles. The summed E-state index contributed by atoms with van der Waals surface area (Å²) < 4.78 is 88.1. The van der Waals surface area contributed by atoms with Crippen LogP contribution < -0.4 is 45.7 Å². The van der Waals surface area contributed by atoms with Gasteiger partial charge in [0.1, 0.15) is 12.3 Å². The summed E-state index contributed by atoms with van der Waals surface area (Å²) in [5, 5.41) is 10.1. The fourth-order valence-corrected chi connectivity index (χ4v) is 8.48. The van der Waals surface area contributed by atoms with Crippen LogP contribution in [0.5, 0.6) is 0 Å². The molecule has 12 N–H and O–H groups in total. The molecule has 3 rings (SSSR count). The Morgan fingerprint density at radius 3 is 1.93 bits per heavy atom. The molecule has 0 bridgehead atoms. The fourth-order valence-electron chi connectivity index (χ4n) is 2.94. The number of aliphatic hydroxyl groups is 1. The third kappa shape index (κ3) is 15.3. The number of nitrogen functional groups attached to an aromatic ring is 1. The number of anilines is 1. The van der Waals surface area contributed by atoms with Crippen molar-refractivity contribution >= 4 is 64.0 Å². The molecule has 0 spiro atoms. The summed E-state index contributed by atoms with van der Waals surface area (Å²) in [7, 11) is -33.1. The summed E-state index contributed by atoms with van der Waals surface area (Å²) in [6, 6.07) is 0. The monoisotopic (exact) mass is 787 g/mol. The van der Waals surface area contributed by atoms with E-state index >= 15 is 0 Å². The Hall–Kier alpha value is -0.110. The Bertz CT molecular complexity index is 1670. The van der Waals surface area contributed by atoms with Crippen molar-refractivity contribution in [3.05, 3.63) is 16.7 Å². The number of ether oxygens (including phenoxy) is 1. The van der Waals surface area contributed by atoms with Crippen LogP contribution in [-0.4, -0.2) is 82.6 Å². The molecule has 35 heteroatoms. The first-order chi connectivity index (χ1) is 19.6. The van der Waals surface area contributed by atoms with E-state index in [2.05, 4.69) is 36.7 Å². The van der Waals surface area contributed by atoms with Crippen molar-refractivity contribution in [3.63, 3.8) is 0 Å². The minimum absolute atomic E-state index is 0. The minimum atomic E-state index is -5.67. The molecule has 0 aliphatic carbocycles. The molecule has 0 saturated carbocycles. The Labute approximate surface area is 269 Å². The van der Waals surface area contributed by atoms with Gasteiger partial charge < -0.3 is 59.6 Å². The Kier molecular flexibility index (Phi) is 14.9. The molecule has 0 radical (unpaired) electrons. The summed E-state index contributed by atoms with van der Waals surface area (Å²) >= 11 is 0. The van der Waals surface area contributed by atoms with Crippen LogP contribution >= 0.6 is 46.9 Å². The SMILES string of the molecule is Nc1nc2c(ncn2[C@H]2C[C@H](O)[C@@H](COP(=O)(O)OP(=O)(O)OP(=O)(O)O)O2)c(=O)[nH]1.O=P([O-])(O)OP(=O)(O)OP(=O)(O)O.[Na+]. The topological polar surface area (TPSA) is 453 Å². The van der Waals surface area contributed by atoms with Crippen molar-refractivity contribution < 1.29 is 133 Å². The zero-order chi connectivity index (χ0) is 34.1. The molecule has 4 unspecified atom stereocenters. The predicted molar refractivity (Wildman–Crippen MR) is 131 cm³/mol. The van der Waals surface area contributed by atoms with E-state index in [1.54, 1.807) is 0 Å². The number of aromatic nitrogens is 4. The van der Waals surface area contributed by atoms with Gasteiger partial charge in [-0.2, -0.15) is 17.9 Å². The number of imidazole rings is 1. The molecular formula is C10H20N5NaO23P6. The largest absolute Gasteiger partial charge is 1.00 e. The third-order valence-corrected chi connectivity index (χ3v) is 11.3. The molecule has 28 nitrogen and oxygen atoms in total. The van der Waals surface area contributed by atoms with Gasteiger partial charge in [-0.3, -0.25) is 23.4 Å². The summed E-state index contributed by atoms with van der Waals surface area (Å²) in [5.74, 6) is -0.193. The van der Waals surface area contributed by atoms with Crippen LogP contribution in [0.1, 0.15) is 12.6 Å². The summed E-state index contributed by atoms with van der Waals surface area (Å²) in [6.07, 6.45) is -2.36. The van der Waals surface area contributed by atoms with Gasteiger partial charge in [0, 0.05) is 6.42 Å². The number of aliphatic hydroxyl groups excluding tert-OH is 1. The Morgan fingerprint density at radius 1 is 0.933 bits per heavy atom. The number of nitrogens with one attached hydrogen (secondary N) is 1. The van der Waals surface area contributed by atoms with Gasteiger partial charge in [0.25, 0.3) is 13.4 Å². The fraction of sp³-hybridized carbons (Fsp3) is 0.500. The second kappa shape index (κ2) is 15.6. The van der Waals surface area contributed by atoms with Gasteiger partial charge in [0.2, 0.25) is 5.95 Å². The predicted octanol–water partition coefficient (Wildman–Crippen LogP) is -5.63.